The zero-order chi connectivity index (χ0) is 23.8. The van der Waals surface area contributed by atoms with Crippen LogP contribution in [0.3, 0.4) is 0 Å². The van der Waals surface area contributed by atoms with Crippen molar-refractivity contribution in [1.82, 2.24) is 19.9 Å². The molecule has 0 unspecified atom stereocenters. The van der Waals surface area contributed by atoms with Gasteiger partial charge in [0, 0.05) is 42.4 Å². The van der Waals surface area contributed by atoms with Crippen LogP contribution in [0, 0.1) is 6.92 Å². The Kier molecular flexibility index (Phi) is 6.06. The van der Waals surface area contributed by atoms with E-state index >= 15 is 0 Å². The Morgan fingerprint density at radius 1 is 1.09 bits per heavy atom. The number of fused-ring (bicyclic) bond motifs is 1. The van der Waals surface area contributed by atoms with Crippen molar-refractivity contribution in [2.75, 3.05) is 23.8 Å². The van der Waals surface area contributed by atoms with Crippen LogP contribution in [0.1, 0.15) is 67.3 Å². The van der Waals surface area contributed by atoms with E-state index in [1.54, 1.807) is 0 Å². The number of anilines is 2. The second kappa shape index (κ2) is 9.49. The smallest absolute Gasteiger partial charge is 0.251 e. The van der Waals surface area contributed by atoms with E-state index in [9.17, 15) is 4.79 Å². The first-order valence-corrected chi connectivity index (χ1v) is 13.1. The minimum absolute atomic E-state index is 0.0122. The fourth-order valence-corrected chi connectivity index (χ4v) is 5.25. The highest BCUT2D eigenvalue weighted by Crippen LogP contribution is 2.30. The lowest BCUT2D eigenvalue weighted by molar-refractivity contribution is 0.0950. The number of aryl methyl sites for hydroxylation is 1. The van der Waals surface area contributed by atoms with Crippen LogP contribution in [0.15, 0.2) is 30.5 Å². The van der Waals surface area contributed by atoms with Gasteiger partial charge in [0.1, 0.15) is 11.6 Å². The molecule has 3 heterocycles. The van der Waals surface area contributed by atoms with Gasteiger partial charge < -0.3 is 20.7 Å². The molecule has 3 fully saturated rings. The number of ether oxygens (including phenoxy) is 1. The maximum atomic E-state index is 12.6. The second-order valence-corrected chi connectivity index (χ2v) is 10.2. The molecular formula is C27H34N6O2. The van der Waals surface area contributed by atoms with Crippen LogP contribution in [0.5, 0.6) is 0 Å². The molecule has 0 bridgehead atoms. The number of benzene rings is 1. The lowest BCUT2D eigenvalue weighted by Gasteiger charge is -2.17. The van der Waals surface area contributed by atoms with Gasteiger partial charge in [0.05, 0.1) is 12.3 Å². The lowest BCUT2D eigenvalue weighted by atomic mass is 10.0. The van der Waals surface area contributed by atoms with E-state index in [1.807, 2.05) is 29.8 Å². The Morgan fingerprint density at radius 3 is 2.69 bits per heavy atom. The molecule has 1 aromatic carbocycles. The van der Waals surface area contributed by atoms with Gasteiger partial charge in [-0.15, -0.1) is 0 Å². The highest BCUT2D eigenvalue weighted by atomic mass is 16.5. The van der Waals surface area contributed by atoms with Crippen molar-refractivity contribution in [2.45, 2.75) is 76.5 Å². The van der Waals surface area contributed by atoms with Crippen molar-refractivity contribution >= 4 is 23.2 Å². The van der Waals surface area contributed by atoms with Gasteiger partial charge >= 0.3 is 0 Å². The quantitative estimate of drug-likeness (QED) is 0.444. The minimum atomic E-state index is 0.0122. The van der Waals surface area contributed by atoms with E-state index in [1.165, 1.54) is 25.7 Å². The molecule has 35 heavy (non-hydrogen) atoms. The molecule has 8 heteroatoms. The first-order chi connectivity index (χ1) is 17.1. The number of aromatic nitrogens is 3. The van der Waals surface area contributed by atoms with Crippen LogP contribution < -0.4 is 16.0 Å². The summed E-state index contributed by atoms with van der Waals surface area (Å²) in [5.41, 5.74) is 4.45. The zero-order valence-corrected chi connectivity index (χ0v) is 20.3. The molecule has 1 atom stereocenters. The van der Waals surface area contributed by atoms with Crippen molar-refractivity contribution in [1.29, 1.82) is 0 Å². The van der Waals surface area contributed by atoms with Gasteiger partial charge in [-0.2, -0.15) is 9.61 Å². The average Bonchev–Trinajstić information content (AvgIpc) is 3.26. The standard InChI is InChI=1S/C27H34N6O2/c1-17-13-18(8-11-22(17)27(34)31-20-9-10-20)23-16-29-33-25(28-15-21-7-4-12-35-21)14-24(32-26(23)33)30-19-5-2-3-6-19/h8,11,13-14,16,19-21,28H,2-7,9-10,12,15H2,1H3,(H,30,32)(H,31,34)/t21-/m0/s1. The van der Waals surface area contributed by atoms with Crippen LogP contribution >= 0.6 is 0 Å². The fourth-order valence-electron chi connectivity index (χ4n) is 5.25. The monoisotopic (exact) mass is 474 g/mol. The maximum absolute atomic E-state index is 12.6. The van der Waals surface area contributed by atoms with Crippen LogP contribution in [-0.4, -0.2) is 51.8 Å². The average molecular weight is 475 g/mol. The van der Waals surface area contributed by atoms with Crippen LogP contribution in [0.4, 0.5) is 11.6 Å². The molecule has 2 aromatic heterocycles. The molecule has 3 N–H and O–H groups in total. The van der Waals surface area contributed by atoms with Crippen molar-refractivity contribution < 1.29 is 9.53 Å². The van der Waals surface area contributed by atoms with Gasteiger partial charge in [0.25, 0.3) is 5.91 Å². The number of rotatable bonds is 8. The molecule has 8 nitrogen and oxygen atoms in total. The summed E-state index contributed by atoms with van der Waals surface area (Å²) in [6.45, 7) is 3.58. The third kappa shape index (κ3) is 4.85. The van der Waals surface area contributed by atoms with Gasteiger partial charge in [-0.05, 0) is 62.6 Å². The highest BCUT2D eigenvalue weighted by Gasteiger charge is 2.25. The third-order valence-electron chi connectivity index (χ3n) is 7.41. The van der Waals surface area contributed by atoms with E-state index < -0.39 is 0 Å². The summed E-state index contributed by atoms with van der Waals surface area (Å²) in [6, 6.07) is 8.86. The first kappa shape index (κ1) is 22.3. The van der Waals surface area contributed by atoms with E-state index in [0.717, 1.165) is 78.4 Å². The summed E-state index contributed by atoms with van der Waals surface area (Å²) in [7, 11) is 0. The Labute approximate surface area is 205 Å². The van der Waals surface area contributed by atoms with Gasteiger partial charge in [0.15, 0.2) is 5.65 Å². The van der Waals surface area contributed by atoms with Gasteiger partial charge in [-0.1, -0.05) is 25.0 Å². The molecule has 6 rings (SSSR count). The Morgan fingerprint density at radius 2 is 1.94 bits per heavy atom. The van der Waals surface area contributed by atoms with Crippen LogP contribution in [0.25, 0.3) is 16.8 Å². The Balaban J connectivity index is 1.32. The summed E-state index contributed by atoms with van der Waals surface area (Å²) in [4.78, 5) is 17.6. The van der Waals surface area contributed by atoms with Crippen molar-refractivity contribution in [2.24, 2.45) is 0 Å². The summed E-state index contributed by atoms with van der Waals surface area (Å²) < 4.78 is 7.70. The van der Waals surface area contributed by atoms with Crippen molar-refractivity contribution in [3.63, 3.8) is 0 Å². The predicted molar refractivity (Wildman–Crippen MR) is 137 cm³/mol. The molecule has 3 aromatic rings. The lowest BCUT2D eigenvalue weighted by Crippen LogP contribution is -2.26. The summed E-state index contributed by atoms with van der Waals surface area (Å²) >= 11 is 0. The molecule has 0 radical (unpaired) electrons. The number of carbonyl (C=O) groups is 1. The largest absolute Gasteiger partial charge is 0.376 e. The van der Waals surface area contributed by atoms with E-state index in [-0.39, 0.29) is 12.0 Å². The molecule has 0 spiro atoms. The minimum Gasteiger partial charge on any atom is -0.376 e. The molecule has 1 saturated heterocycles. The summed E-state index contributed by atoms with van der Waals surface area (Å²) in [6.07, 6.45) is 11.4. The van der Waals surface area contributed by atoms with Crippen LogP contribution in [0.2, 0.25) is 0 Å². The second-order valence-electron chi connectivity index (χ2n) is 10.2. The van der Waals surface area contributed by atoms with Crippen LogP contribution in [-0.2, 0) is 4.74 Å². The number of carbonyl (C=O) groups excluding carboxylic acids is 1. The van der Waals surface area contributed by atoms with Crippen molar-refractivity contribution in [3.8, 4) is 11.1 Å². The molecule has 1 amide bonds. The molecule has 184 valence electrons. The molecule has 3 aliphatic rings. The zero-order valence-electron chi connectivity index (χ0n) is 20.3. The van der Waals surface area contributed by atoms with Gasteiger partial charge in [-0.3, -0.25) is 4.79 Å². The highest BCUT2D eigenvalue weighted by molar-refractivity contribution is 5.97. The van der Waals surface area contributed by atoms with Gasteiger partial charge in [0.2, 0.25) is 0 Å². The topological polar surface area (TPSA) is 92.6 Å². The van der Waals surface area contributed by atoms with Gasteiger partial charge in [-0.25, -0.2) is 4.98 Å². The maximum Gasteiger partial charge on any atom is 0.251 e. The van der Waals surface area contributed by atoms with E-state index in [2.05, 4.69) is 28.1 Å². The number of nitrogens with one attached hydrogen (secondary N) is 3. The number of nitrogens with zero attached hydrogens (tertiary/aromatic N) is 3. The summed E-state index contributed by atoms with van der Waals surface area (Å²) in [5, 5.41) is 15.0. The number of hydrogen-bond donors (Lipinski definition) is 3. The van der Waals surface area contributed by atoms with E-state index in [4.69, 9.17) is 14.8 Å². The number of hydrogen-bond acceptors (Lipinski definition) is 6. The number of amides is 1. The SMILES string of the molecule is Cc1cc(-c2cnn3c(NC[C@@H]4CCCO4)cc(NC4CCCC4)nc23)ccc1C(=O)NC1CC1. The molecular weight excluding hydrogens is 440 g/mol. The third-order valence-corrected chi connectivity index (χ3v) is 7.41. The van der Waals surface area contributed by atoms with E-state index in [0.29, 0.717) is 12.1 Å². The molecule has 1 aliphatic heterocycles. The van der Waals surface area contributed by atoms with Crippen molar-refractivity contribution in [3.05, 3.63) is 41.6 Å². The predicted octanol–water partition coefficient (Wildman–Crippen LogP) is 4.54. The normalized spacial score (nSPS) is 20.4. The Bertz CT molecular complexity index is 1220. The fraction of sp³-hybridized carbons (Fsp3) is 0.519. The molecule has 2 aliphatic carbocycles. The molecule has 2 saturated carbocycles. The Hall–Kier alpha value is -3.13. The first-order valence-electron chi connectivity index (χ1n) is 13.1. The summed E-state index contributed by atoms with van der Waals surface area (Å²) in [5.74, 6) is 1.80.